The molecular formula is C45H57FN10O5. The van der Waals surface area contributed by atoms with Crippen molar-refractivity contribution in [1.29, 1.82) is 0 Å². The number of benzene rings is 2. The van der Waals surface area contributed by atoms with Crippen LogP contribution in [-0.2, 0) is 16.1 Å². The van der Waals surface area contributed by atoms with E-state index >= 15 is 4.39 Å². The fourth-order valence-corrected chi connectivity index (χ4v) is 10.2. The van der Waals surface area contributed by atoms with Gasteiger partial charge in [-0.05, 0) is 87.6 Å². The second kappa shape index (κ2) is 16.0. The van der Waals surface area contributed by atoms with Crippen molar-refractivity contribution in [3.63, 3.8) is 0 Å². The quantitative estimate of drug-likeness (QED) is 0.239. The zero-order chi connectivity index (χ0) is 41.9. The molecule has 0 radical (unpaired) electrons. The molecule has 0 bridgehead atoms. The fraction of sp³-hybridized carbons (Fsp3) is 0.578. The van der Waals surface area contributed by atoms with Crippen molar-refractivity contribution in [3.05, 3.63) is 65.1 Å². The SMILES string of the molecule is COc1cc(N2CCC(CN3CCC(F)(CN4CCN(c5cc(C6NNc7ccc(OC8(C)CC8)cc76)ncn5)CC4)CC3)CC2)cc2c1C(=O)N(C1CCC(=O)NC1=O)C2. The van der Waals surface area contributed by atoms with Gasteiger partial charge in [0.15, 0.2) is 0 Å². The number of aromatic nitrogens is 2. The molecule has 2 aromatic carbocycles. The van der Waals surface area contributed by atoms with Crippen molar-refractivity contribution < 1.29 is 28.2 Å². The number of carbonyl (C=O) groups is 3. The summed E-state index contributed by atoms with van der Waals surface area (Å²) in [5, 5.41) is 2.38. The number of alkyl halides is 1. The summed E-state index contributed by atoms with van der Waals surface area (Å²) >= 11 is 0. The van der Waals surface area contributed by atoms with Gasteiger partial charge in [0.05, 0.1) is 30.1 Å². The lowest BCUT2D eigenvalue weighted by atomic mass is 9.90. The molecule has 0 spiro atoms. The number of likely N-dealkylation sites (tertiary alicyclic amines) is 1. The molecule has 7 heterocycles. The number of nitrogens with zero attached hydrogens (tertiary/aromatic N) is 7. The first kappa shape index (κ1) is 40.0. The molecule has 3 amide bonds. The number of rotatable bonds is 11. The molecule has 1 saturated carbocycles. The number of halogens is 1. The van der Waals surface area contributed by atoms with Crippen molar-refractivity contribution in [2.24, 2.45) is 5.92 Å². The first-order chi connectivity index (χ1) is 29.5. The standard InChI is InChI=1S/C45H57FN10O5/c1-44(9-10-44)61-32-3-4-34-33(23-32)41(51-50-34)35-24-38(48-28-47-35)55-19-17-53(18-20-55)27-45(46)11-15-52(16-12-45)25-29-7-13-54(14-8-29)31-21-30-26-56(36-5-6-39(57)49-42(36)58)43(59)40(30)37(22-31)60-2/h3-4,21-24,28-29,36,41,50-51H,5-20,25-27H2,1-2H3,(H,49,57,58). The average Bonchev–Trinajstić information content (AvgIpc) is 3.68. The zero-order valence-corrected chi connectivity index (χ0v) is 35.3. The first-order valence-electron chi connectivity index (χ1n) is 22.2. The third-order valence-electron chi connectivity index (χ3n) is 14.2. The van der Waals surface area contributed by atoms with Crippen LogP contribution in [0.25, 0.3) is 0 Å². The Kier molecular flexibility index (Phi) is 10.5. The van der Waals surface area contributed by atoms with Crippen LogP contribution in [0.15, 0.2) is 42.7 Å². The Bertz CT molecular complexity index is 2180. The monoisotopic (exact) mass is 836 g/mol. The van der Waals surface area contributed by atoms with Gasteiger partial charge in [-0.15, -0.1) is 0 Å². The van der Waals surface area contributed by atoms with Gasteiger partial charge in [-0.25, -0.2) is 19.8 Å². The van der Waals surface area contributed by atoms with Crippen LogP contribution in [0.1, 0.15) is 91.5 Å². The number of fused-ring (bicyclic) bond motifs is 2. The largest absolute Gasteiger partial charge is 0.496 e. The van der Waals surface area contributed by atoms with Crippen LogP contribution < -0.4 is 35.4 Å². The molecule has 10 rings (SSSR count). The van der Waals surface area contributed by atoms with Crippen LogP contribution in [0.4, 0.5) is 21.6 Å². The van der Waals surface area contributed by atoms with Crippen molar-refractivity contribution in [2.45, 2.75) is 88.2 Å². The third-order valence-corrected chi connectivity index (χ3v) is 14.2. The van der Waals surface area contributed by atoms with Gasteiger partial charge in [-0.2, -0.15) is 0 Å². The van der Waals surface area contributed by atoms with Crippen LogP contribution >= 0.6 is 0 Å². The van der Waals surface area contributed by atoms with E-state index in [2.05, 4.69) is 76.9 Å². The summed E-state index contributed by atoms with van der Waals surface area (Å²) in [5.41, 5.74) is 10.9. The Morgan fingerprint density at radius 1 is 0.869 bits per heavy atom. The predicted molar refractivity (Wildman–Crippen MR) is 227 cm³/mol. The molecule has 2 unspecified atom stereocenters. The van der Waals surface area contributed by atoms with E-state index in [0.29, 0.717) is 49.6 Å². The summed E-state index contributed by atoms with van der Waals surface area (Å²) in [6.45, 7) is 10.4. The molecule has 1 aromatic heterocycles. The molecule has 16 heteroatoms. The van der Waals surface area contributed by atoms with E-state index in [-0.39, 0.29) is 29.9 Å². The van der Waals surface area contributed by atoms with Crippen LogP contribution in [0.5, 0.6) is 11.5 Å². The number of ether oxygens (including phenoxy) is 2. The average molecular weight is 837 g/mol. The molecule has 324 valence electrons. The van der Waals surface area contributed by atoms with Gasteiger partial charge in [0.2, 0.25) is 11.8 Å². The van der Waals surface area contributed by atoms with Crippen molar-refractivity contribution in [2.75, 3.05) is 87.8 Å². The number of piperidine rings is 3. The lowest BCUT2D eigenvalue weighted by Crippen LogP contribution is -2.54. The molecule has 5 fully saturated rings. The Labute approximate surface area is 356 Å². The van der Waals surface area contributed by atoms with E-state index in [0.717, 1.165) is 124 Å². The summed E-state index contributed by atoms with van der Waals surface area (Å²) in [7, 11) is 1.57. The van der Waals surface area contributed by atoms with Crippen molar-refractivity contribution >= 4 is 34.9 Å². The van der Waals surface area contributed by atoms with Gasteiger partial charge in [0, 0.05) is 102 Å². The second-order valence-corrected chi connectivity index (χ2v) is 18.5. The van der Waals surface area contributed by atoms with Gasteiger partial charge in [-0.3, -0.25) is 24.6 Å². The number of hydrogen-bond donors (Lipinski definition) is 3. The Morgan fingerprint density at radius 3 is 2.39 bits per heavy atom. The number of amides is 3. The summed E-state index contributed by atoms with van der Waals surface area (Å²) in [5.74, 6) is 1.89. The summed E-state index contributed by atoms with van der Waals surface area (Å²) < 4.78 is 28.3. The number of piperazine rings is 1. The van der Waals surface area contributed by atoms with Crippen molar-refractivity contribution in [1.82, 2.24) is 35.4 Å². The van der Waals surface area contributed by atoms with Gasteiger partial charge in [0.1, 0.15) is 41.0 Å². The zero-order valence-electron chi connectivity index (χ0n) is 35.3. The number of imide groups is 1. The van der Waals surface area contributed by atoms with Crippen molar-refractivity contribution in [3.8, 4) is 11.5 Å². The summed E-state index contributed by atoms with van der Waals surface area (Å²) in [6.07, 6.45) is 7.54. The van der Waals surface area contributed by atoms with Gasteiger partial charge in [-0.1, -0.05) is 0 Å². The highest BCUT2D eigenvalue weighted by Gasteiger charge is 2.43. The molecule has 7 aliphatic rings. The van der Waals surface area contributed by atoms with E-state index in [9.17, 15) is 14.4 Å². The first-order valence-corrected chi connectivity index (χ1v) is 22.2. The van der Waals surface area contributed by atoms with Gasteiger partial charge >= 0.3 is 0 Å². The summed E-state index contributed by atoms with van der Waals surface area (Å²) in [4.78, 5) is 58.0. The van der Waals surface area contributed by atoms with E-state index < -0.39 is 17.6 Å². The lowest BCUT2D eigenvalue weighted by Gasteiger charge is -2.43. The summed E-state index contributed by atoms with van der Waals surface area (Å²) in [6, 6.07) is 11.5. The highest BCUT2D eigenvalue weighted by Crippen LogP contribution is 2.43. The maximum Gasteiger partial charge on any atom is 0.258 e. The molecule has 2 atom stereocenters. The molecule has 4 saturated heterocycles. The minimum atomic E-state index is -1.18. The number of hydrazine groups is 1. The number of carbonyl (C=O) groups excluding carboxylic acids is 3. The minimum absolute atomic E-state index is 0.0455. The third kappa shape index (κ3) is 8.21. The second-order valence-electron chi connectivity index (χ2n) is 18.5. The highest BCUT2D eigenvalue weighted by molar-refractivity contribution is 6.06. The number of anilines is 3. The van der Waals surface area contributed by atoms with Crippen LogP contribution in [0.3, 0.4) is 0 Å². The maximum absolute atomic E-state index is 16.4. The van der Waals surface area contributed by atoms with Gasteiger partial charge in [0.25, 0.3) is 5.91 Å². The van der Waals surface area contributed by atoms with Crippen LogP contribution in [0, 0.1) is 5.92 Å². The van der Waals surface area contributed by atoms with Crippen LogP contribution in [0.2, 0.25) is 0 Å². The maximum atomic E-state index is 16.4. The van der Waals surface area contributed by atoms with E-state index in [1.165, 1.54) is 0 Å². The molecule has 1 aliphatic carbocycles. The van der Waals surface area contributed by atoms with E-state index in [1.807, 2.05) is 12.1 Å². The Hall–Kier alpha value is -5.06. The number of methoxy groups -OCH3 is 1. The highest BCUT2D eigenvalue weighted by atomic mass is 19.1. The Morgan fingerprint density at radius 2 is 1.66 bits per heavy atom. The topological polar surface area (TPSA) is 148 Å². The number of nitrogens with one attached hydrogen (secondary N) is 3. The molecule has 3 aromatic rings. The smallest absolute Gasteiger partial charge is 0.258 e. The molecule has 61 heavy (non-hydrogen) atoms. The molecule has 3 N–H and O–H groups in total. The minimum Gasteiger partial charge on any atom is -0.496 e. The van der Waals surface area contributed by atoms with Crippen LogP contribution in [-0.4, -0.2) is 132 Å². The molecule has 15 nitrogen and oxygen atoms in total. The number of hydrogen-bond acceptors (Lipinski definition) is 13. The van der Waals surface area contributed by atoms with E-state index in [1.54, 1.807) is 18.3 Å². The fourth-order valence-electron chi connectivity index (χ4n) is 10.2. The lowest BCUT2D eigenvalue weighted by molar-refractivity contribution is -0.136. The molecular weight excluding hydrogens is 780 g/mol. The normalized spacial score (nSPS) is 25.2. The Balaban J connectivity index is 0.677. The van der Waals surface area contributed by atoms with Gasteiger partial charge < -0.3 is 34.5 Å². The predicted octanol–water partition coefficient (Wildman–Crippen LogP) is 4.04. The van der Waals surface area contributed by atoms with E-state index in [4.69, 9.17) is 9.47 Å². The molecule has 6 aliphatic heterocycles.